The number of hydrogen-bond acceptors (Lipinski definition) is 4. The first kappa shape index (κ1) is 21.5. The van der Waals surface area contributed by atoms with Crippen LogP contribution >= 0.6 is 0 Å². The van der Waals surface area contributed by atoms with E-state index in [0.717, 1.165) is 28.1 Å². The van der Waals surface area contributed by atoms with Gasteiger partial charge in [-0.25, -0.2) is 9.36 Å². The first-order valence-electron chi connectivity index (χ1n) is 10.7. The Bertz CT molecular complexity index is 1360. The second kappa shape index (κ2) is 8.42. The molecule has 0 saturated carbocycles. The molecule has 0 spiro atoms. The van der Waals surface area contributed by atoms with Gasteiger partial charge in [0.25, 0.3) is 5.56 Å². The van der Waals surface area contributed by atoms with Gasteiger partial charge in [-0.3, -0.25) is 9.59 Å². The maximum Gasteiger partial charge on any atom is 0.293 e. The minimum atomic E-state index is -0.347. The molecular weight excluding hydrogens is 402 g/mol. The van der Waals surface area contributed by atoms with Crippen molar-refractivity contribution in [2.45, 2.75) is 47.1 Å². The molecule has 4 aromatic rings. The lowest BCUT2D eigenvalue weighted by Crippen LogP contribution is -2.31. The fourth-order valence-corrected chi connectivity index (χ4v) is 3.99. The zero-order valence-electron chi connectivity index (χ0n) is 19.0. The van der Waals surface area contributed by atoms with E-state index in [-0.39, 0.29) is 23.9 Å². The zero-order valence-corrected chi connectivity index (χ0v) is 19.0. The summed E-state index contributed by atoms with van der Waals surface area (Å²) in [5.41, 5.74) is 5.46. The molecular formula is C25H27N5O2. The normalized spacial score (nSPS) is 11.3. The minimum absolute atomic E-state index is 0.0568. The van der Waals surface area contributed by atoms with Crippen LogP contribution in [0.4, 0.5) is 5.69 Å². The number of nitrogens with zero attached hydrogens (tertiary/aromatic N) is 4. The van der Waals surface area contributed by atoms with Gasteiger partial charge in [-0.05, 0) is 61.6 Å². The van der Waals surface area contributed by atoms with Gasteiger partial charge >= 0.3 is 0 Å². The molecule has 4 rings (SSSR count). The highest BCUT2D eigenvalue weighted by molar-refractivity contribution is 5.91. The number of para-hydroxylation sites is 1. The van der Waals surface area contributed by atoms with E-state index in [4.69, 9.17) is 0 Å². The molecule has 0 fully saturated rings. The zero-order chi connectivity index (χ0) is 23.0. The van der Waals surface area contributed by atoms with Gasteiger partial charge < -0.3 is 5.32 Å². The number of hydrogen-bond donors (Lipinski definition) is 1. The smallest absolute Gasteiger partial charge is 0.293 e. The van der Waals surface area contributed by atoms with Gasteiger partial charge in [0.1, 0.15) is 12.1 Å². The lowest BCUT2D eigenvalue weighted by atomic mass is 10.1. The van der Waals surface area contributed by atoms with Crippen LogP contribution < -0.4 is 10.9 Å². The van der Waals surface area contributed by atoms with E-state index in [1.165, 1.54) is 4.68 Å². The van der Waals surface area contributed by atoms with Crippen molar-refractivity contribution in [2.75, 3.05) is 5.32 Å². The Balaban J connectivity index is 1.78. The fourth-order valence-electron chi connectivity index (χ4n) is 3.99. The molecule has 0 radical (unpaired) electrons. The summed E-state index contributed by atoms with van der Waals surface area (Å²) in [5.74, 6) is -0.248. The number of fused-ring (bicyclic) bond motifs is 1. The van der Waals surface area contributed by atoms with E-state index in [9.17, 15) is 9.59 Å². The van der Waals surface area contributed by atoms with Gasteiger partial charge in [0.05, 0.1) is 17.6 Å². The van der Waals surface area contributed by atoms with Crippen molar-refractivity contribution in [3.05, 3.63) is 81.4 Å². The predicted molar refractivity (Wildman–Crippen MR) is 126 cm³/mol. The molecule has 2 heterocycles. The Morgan fingerprint density at radius 3 is 2.41 bits per heavy atom. The summed E-state index contributed by atoms with van der Waals surface area (Å²) < 4.78 is 2.89. The van der Waals surface area contributed by atoms with Crippen LogP contribution in [0.3, 0.4) is 0 Å². The molecule has 32 heavy (non-hydrogen) atoms. The van der Waals surface area contributed by atoms with Crippen molar-refractivity contribution in [3.63, 3.8) is 0 Å². The van der Waals surface area contributed by atoms with E-state index in [1.54, 1.807) is 10.9 Å². The molecule has 0 aliphatic rings. The summed E-state index contributed by atoms with van der Waals surface area (Å²) in [5, 5.41) is 12.6. The lowest BCUT2D eigenvalue weighted by Gasteiger charge is -2.13. The average Bonchev–Trinajstić information content (AvgIpc) is 3.14. The van der Waals surface area contributed by atoms with E-state index in [2.05, 4.69) is 15.5 Å². The third-order valence-corrected chi connectivity index (χ3v) is 5.40. The number of aryl methyl sites for hydroxylation is 3. The van der Waals surface area contributed by atoms with Gasteiger partial charge in [0, 0.05) is 11.1 Å². The van der Waals surface area contributed by atoms with Crippen molar-refractivity contribution in [1.82, 2.24) is 19.6 Å². The van der Waals surface area contributed by atoms with Gasteiger partial charge in [0.2, 0.25) is 5.91 Å². The van der Waals surface area contributed by atoms with Crippen LogP contribution in [0.1, 0.15) is 42.1 Å². The maximum absolute atomic E-state index is 13.4. The highest BCUT2D eigenvalue weighted by Crippen LogP contribution is 2.24. The van der Waals surface area contributed by atoms with Gasteiger partial charge in [0.15, 0.2) is 0 Å². The van der Waals surface area contributed by atoms with E-state index >= 15 is 0 Å². The molecule has 7 nitrogen and oxygen atoms in total. The molecule has 7 heteroatoms. The highest BCUT2D eigenvalue weighted by Gasteiger charge is 2.20. The van der Waals surface area contributed by atoms with Crippen LogP contribution in [-0.2, 0) is 11.3 Å². The second-order valence-electron chi connectivity index (χ2n) is 8.53. The van der Waals surface area contributed by atoms with Crippen molar-refractivity contribution in [1.29, 1.82) is 0 Å². The molecule has 0 unspecified atom stereocenters. The van der Waals surface area contributed by atoms with Crippen LogP contribution in [0.25, 0.3) is 16.6 Å². The van der Waals surface area contributed by atoms with Crippen LogP contribution in [0.5, 0.6) is 0 Å². The van der Waals surface area contributed by atoms with Crippen molar-refractivity contribution in [3.8, 4) is 5.69 Å². The quantitative estimate of drug-likeness (QED) is 0.514. The van der Waals surface area contributed by atoms with Gasteiger partial charge in [-0.1, -0.05) is 38.1 Å². The predicted octanol–water partition coefficient (Wildman–Crippen LogP) is 4.27. The van der Waals surface area contributed by atoms with Crippen LogP contribution in [0.2, 0.25) is 0 Å². The number of aromatic nitrogens is 4. The van der Waals surface area contributed by atoms with Crippen LogP contribution in [0.15, 0.2) is 53.5 Å². The Hall–Kier alpha value is -3.74. The van der Waals surface area contributed by atoms with E-state index < -0.39 is 0 Å². The fraction of sp³-hybridized carbons (Fsp3) is 0.280. The first-order chi connectivity index (χ1) is 15.2. The van der Waals surface area contributed by atoms with E-state index in [0.29, 0.717) is 16.6 Å². The largest absolute Gasteiger partial charge is 0.324 e. The molecule has 0 saturated heterocycles. The molecule has 164 valence electrons. The van der Waals surface area contributed by atoms with Crippen molar-refractivity contribution < 1.29 is 4.79 Å². The summed E-state index contributed by atoms with van der Waals surface area (Å²) in [4.78, 5) is 26.2. The van der Waals surface area contributed by atoms with Crippen LogP contribution in [0, 0.1) is 20.8 Å². The molecule has 0 aliphatic carbocycles. The Labute approximate surface area is 186 Å². The standard InChI is InChI=1S/C25H27N5O2/c1-15(2)23-20-13-26-30(21-9-7-6-8-18(21)5)24(20)25(32)29(28-23)14-22(31)27-19-11-16(3)10-17(4)12-19/h6-13,15H,14H2,1-5H3,(H,27,31). The Morgan fingerprint density at radius 1 is 1.06 bits per heavy atom. The molecule has 0 bridgehead atoms. The third-order valence-electron chi connectivity index (χ3n) is 5.40. The number of rotatable bonds is 5. The van der Waals surface area contributed by atoms with Crippen LogP contribution in [-0.4, -0.2) is 25.5 Å². The Kier molecular flexibility index (Phi) is 5.65. The van der Waals surface area contributed by atoms with Gasteiger partial charge in [-0.2, -0.15) is 10.2 Å². The number of carbonyl (C=O) groups excluding carboxylic acids is 1. The number of benzene rings is 2. The molecule has 0 aliphatic heterocycles. The molecule has 2 aromatic heterocycles. The number of carbonyl (C=O) groups is 1. The highest BCUT2D eigenvalue weighted by atomic mass is 16.2. The van der Waals surface area contributed by atoms with Crippen molar-refractivity contribution in [2.24, 2.45) is 0 Å². The molecule has 1 N–H and O–H groups in total. The summed E-state index contributed by atoms with van der Waals surface area (Å²) in [6.45, 7) is 9.77. The lowest BCUT2D eigenvalue weighted by molar-refractivity contribution is -0.117. The Morgan fingerprint density at radius 2 is 1.75 bits per heavy atom. The molecule has 0 atom stereocenters. The molecule has 1 amide bonds. The molecule has 2 aromatic carbocycles. The summed E-state index contributed by atoms with van der Waals surface area (Å²) in [6, 6.07) is 13.6. The first-order valence-corrected chi connectivity index (χ1v) is 10.7. The number of amides is 1. The van der Waals surface area contributed by atoms with Crippen molar-refractivity contribution >= 4 is 22.5 Å². The summed E-state index contributed by atoms with van der Waals surface area (Å²) in [6.07, 6.45) is 1.69. The summed E-state index contributed by atoms with van der Waals surface area (Å²) in [7, 11) is 0. The SMILES string of the molecule is Cc1cc(C)cc(NC(=O)Cn2nc(C(C)C)c3cnn(-c4ccccc4C)c3c2=O)c1. The summed E-state index contributed by atoms with van der Waals surface area (Å²) >= 11 is 0. The second-order valence-corrected chi connectivity index (χ2v) is 8.53. The monoisotopic (exact) mass is 429 g/mol. The number of nitrogens with one attached hydrogen (secondary N) is 1. The van der Waals surface area contributed by atoms with E-state index in [1.807, 2.05) is 77.1 Å². The number of anilines is 1. The third kappa shape index (κ3) is 4.06. The minimum Gasteiger partial charge on any atom is -0.324 e. The maximum atomic E-state index is 13.4. The van der Waals surface area contributed by atoms with Gasteiger partial charge in [-0.15, -0.1) is 0 Å². The average molecular weight is 430 g/mol. The topological polar surface area (TPSA) is 81.8 Å².